The molecule has 0 heterocycles. The largest absolute Gasteiger partial charge is 0.349 e. The molecule has 1 aliphatic carbocycles. The third-order valence-corrected chi connectivity index (χ3v) is 4.38. The normalized spacial score (nSPS) is 17.1. The smallest absolute Gasteiger partial charge is 0.224 e. The van der Waals surface area contributed by atoms with E-state index in [1.165, 1.54) is 11.1 Å². The standard InChI is InChI=1S/C18H18ClNO/c19-16-10-4-2-7-14(16)12-18(21)20-17-11-5-8-13-6-1-3-9-15(13)17/h1-4,6-7,9-10,17H,5,8,11-12H2,(H,20,21)/t17-/m1/s1. The van der Waals surface area contributed by atoms with Gasteiger partial charge in [0.15, 0.2) is 0 Å². The van der Waals surface area contributed by atoms with Gasteiger partial charge in [0.25, 0.3) is 0 Å². The molecule has 0 aliphatic heterocycles. The first-order valence-electron chi connectivity index (χ1n) is 7.34. The van der Waals surface area contributed by atoms with E-state index in [0.717, 1.165) is 24.8 Å². The lowest BCUT2D eigenvalue weighted by molar-refractivity contribution is -0.121. The van der Waals surface area contributed by atoms with Gasteiger partial charge in [-0.2, -0.15) is 0 Å². The number of carbonyl (C=O) groups is 1. The number of amides is 1. The molecule has 1 atom stereocenters. The first-order valence-corrected chi connectivity index (χ1v) is 7.72. The van der Waals surface area contributed by atoms with Crippen LogP contribution in [0.15, 0.2) is 48.5 Å². The Morgan fingerprint density at radius 3 is 2.76 bits per heavy atom. The van der Waals surface area contributed by atoms with Crippen LogP contribution in [0.1, 0.15) is 35.6 Å². The lowest BCUT2D eigenvalue weighted by atomic mass is 9.87. The van der Waals surface area contributed by atoms with Gasteiger partial charge in [-0.25, -0.2) is 0 Å². The van der Waals surface area contributed by atoms with Crippen molar-refractivity contribution in [1.82, 2.24) is 5.32 Å². The summed E-state index contributed by atoms with van der Waals surface area (Å²) in [5.41, 5.74) is 3.49. The first-order chi connectivity index (χ1) is 10.2. The van der Waals surface area contributed by atoms with Crippen LogP contribution in [0.2, 0.25) is 5.02 Å². The van der Waals surface area contributed by atoms with Crippen molar-refractivity contribution in [2.75, 3.05) is 0 Å². The monoisotopic (exact) mass is 299 g/mol. The highest BCUT2D eigenvalue weighted by molar-refractivity contribution is 6.31. The molecule has 0 fully saturated rings. The average Bonchev–Trinajstić information content (AvgIpc) is 2.50. The minimum atomic E-state index is 0.0322. The molecule has 0 bridgehead atoms. The lowest BCUT2D eigenvalue weighted by Gasteiger charge is -2.26. The predicted molar refractivity (Wildman–Crippen MR) is 85.4 cm³/mol. The highest BCUT2D eigenvalue weighted by atomic mass is 35.5. The Labute approximate surface area is 130 Å². The second-order valence-electron chi connectivity index (χ2n) is 5.48. The Bertz CT molecular complexity index is 653. The minimum absolute atomic E-state index is 0.0322. The molecule has 21 heavy (non-hydrogen) atoms. The molecule has 1 N–H and O–H groups in total. The zero-order chi connectivity index (χ0) is 14.7. The number of benzene rings is 2. The van der Waals surface area contributed by atoms with E-state index < -0.39 is 0 Å². The van der Waals surface area contributed by atoms with Crippen LogP contribution in [-0.4, -0.2) is 5.91 Å². The number of halogens is 1. The number of carbonyl (C=O) groups excluding carboxylic acids is 1. The van der Waals surface area contributed by atoms with Crippen molar-refractivity contribution in [3.63, 3.8) is 0 Å². The quantitative estimate of drug-likeness (QED) is 0.909. The zero-order valence-corrected chi connectivity index (χ0v) is 12.6. The van der Waals surface area contributed by atoms with Gasteiger partial charge in [-0.05, 0) is 42.0 Å². The Balaban J connectivity index is 1.70. The maximum Gasteiger partial charge on any atom is 0.224 e. The topological polar surface area (TPSA) is 29.1 Å². The van der Waals surface area contributed by atoms with Crippen LogP contribution in [0.25, 0.3) is 0 Å². The van der Waals surface area contributed by atoms with Crippen molar-refractivity contribution < 1.29 is 4.79 Å². The van der Waals surface area contributed by atoms with E-state index in [2.05, 4.69) is 23.5 Å². The summed E-state index contributed by atoms with van der Waals surface area (Å²) in [5, 5.41) is 3.80. The van der Waals surface area contributed by atoms with Gasteiger partial charge in [0.05, 0.1) is 12.5 Å². The van der Waals surface area contributed by atoms with Crippen molar-refractivity contribution in [3.8, 4) is 0 Å². The van der Waals surface area contributed by atoms with Crippen LogP contribution in [0.5, 0.6) is 0 Å². The lowest BCUT2D eigenvalue weighted by Crippen LogP contribution is -2.32. The van der Waals surface area contributed by atoms with Crippen molar-refractivity contribution >= 4 is 17.5 Å². The molecule has 1 aliphatic rings. The Morgan fingerprint density at radius 1 is 1.14 bits per heavy atom. The van der Waals surface area contributed by atoms with Gasteiger partial charge in [0.2, 0.25) is 5.91 Å². The van der Waals surface area contributed by atoms with Crippen LogP contribution >= 0.6 is 11.6 Å². The van der Waals surface area contributed by atoms with E-state index in [1.54, 1.807) is 0 Å². The summed E-state index contributed by atoms with van der Waals surface area (Å²) in [6.07, 6.45) is 3.56. The molecular weight excluding hydrogens is 282 g/mol. The molecule has 0 unspecified atom stereocenters. The maximum absolute atomic E-state index is 12.3. The van der Waals surface area contributed by atoms with Gasteiger partial charge in [-0.15, -0.1) is 0 Å². The molecule has 0 spiro atoms. The van der Waals surface area contributed by atoms with E-state index in [1.807, 2.05) is 30.3 Å². The summed E-state index contributed by atoms with van der Waals surface area (Å²) < 4.78 is 0. The van der Waals surface area contributed by atoms with Gasteiger partial charge in [-0.1, -0.05) is 54.1 Å². The van der Waals surface area contributed by atoms with E-state index in [9.17, 15) is 4.79 Å². The Morgan fingerprint density at radius 2 is 1.90 bits per heavy atom. The van der Waals surface area contributed by atoms with Crippen molar-refractivity contribution in [3.05, 3.63) is 70.2 Å². The molecule has 2 nitrogen and oxygen atoms in total. The van der Waals surface area contributed by atoms with Gasteiger partial charge >= 0.3 is 0 Å². The summed E-state index contributed by atoms with van der Waals surface area (Å²) >= 11 is 6.11. The first kappa shape index (κ1) is 14.2. The second-order valence-corrected chi connectivity index (χ2v) is 5.89. The van der Waals surface area contributed by atoms with Crippen molar-refractivity contribution in [2.45, 2.75) is 31.7 Å². The van der Waals surface area contributed by atoms with E-state index in [4.69, 9.17) is 11.6 Å². The molecule has 2 aromatic carbocycles. The average molecular weight is 300 g/mol. The van der Waals surface area contributed by atoms with Crippen LogP contribution in [-0.2, 0) is 17.6 Å². The number of hydrogen-bond acceptors (Lipinski definition) is 1. The predicted octanol–water partition coefficient (Wildman–Crippen LogP) is 4.08. The van der Waals surface area contributed by atoms with E-state index in [-0.39, 0.29) is 11.9 Å². The summed E-state index contributed by atoms with van der Waals surface area (Å²) in [6.45, 7) is 0. The number of nitrogens with one attached hydrogen (secondary N) is 1. The van der Waals surface area contributed by atoms with Crippen molar-refractivity contribution in [2.24, 2.45) is 0 Å². The fourth-order valence-corrected chi connectivity index (χ4v) is 3.17. The number of hydrogen-bond donors (Lipinski definition) is 1. The molecule has 3 heteroatoms. The number of rotatable bonds is 3. The van der Waals surface area contributed by atoms with Crippen LogP contribution in [0.4, 0.5) is 0 Å². The zero-order valence-electron chi connectivity index (χ0n) is 11.8. The third kappa shape index (κ3) is 3.27. The molecule has 0 radical (unpaired) electrons. The minimum Gasteiger partial charge on any atom is -0.349 e. The highest BCUT2D eigenvalue weighted by Gasteiger charge is 2.21. The number of fused-ring (bicyclic) bond motifs is 1. The molecule has 0 aromatic heterocycles. The Kier molecular flexibility index (Phi) is 4.26. The fourth-order valence-electron chi connectivity index (χ4n) is 2.96. The molecule has 108 valence electrons. The summed E-state index contributed by atoms with van der Waals surface area (Å²) in [4.78, 5) is 12.3. The number of aryl methyl sites for hydroxylation is 1. The van der Waals surface area contributed by atoms with Crippen LogP contribution in [0, 0.1) is 0 Å². The van der Waals surface area contributed by atoms with Gasteiger partial charge in [-0.3, -0.25) is 4.79 Å². The summed E-state index contributed by atoms with van der Waals surface area (Å²) in [6, 6.07) is 16.0. The molecule has 1 amide bonds. The van der Waals surface area contributed by atoms with Gasteiger partial charge in [0, 0.05) is 5.02 Å². The van der Waals surface area contributed by atoms with Crippen LogP contribution < -0.4 is 5.32 Å². The van der Waals surface area contributed by atoms with Gasteiger partial charge in [0.1, 0.15) is 0 Å². The van der Waals surface area contributed by atoms with Crippen LogP contribution in [0.3, 0.4) is 0 Å². The highest BCUT2D eigenvalue weighted by Crippen LogP contribution is 2.29. The molecule has 3 rings (SSSR count). The second kappa shape index (κ2) is 6.31. The molecular formula is C18H18ClNO. The van der Waals surface area contributed by atoms with Gasteiger partial charge < -0.3 is 5.32 Å². The summed E-state index contributed by atoms with van der Waals surface area (Å²) in [5.74, 6) is 0.0322. The Hall–Kier alpha value is -1.80. The maximum atomic E-state index is 12.3. The van der Waals surface area contributed by atoms with E-state index >= 15 is 0 Å². The SMILES string of the molecule is O=C(Cc1ccccc1Cl)N[C@@H]1CCCc2ccccc21. The fraction of sp³-hybridized carbons (Fsp3) is 0.278. The van der Waals surface area contributed by atoms with E-state index in [0.29, 0.717) is 11.4 Å². The molecule has 0 saturated heterocycles. The third-order valence-electron chi connectivity index (χ3n) is 4.01. The molecule has 0 saturated carbocycles. The summed E-state index contributed by atoms with van der Waals surface area (Å²) in [7, 11) is 0. The molecule has 2 aromatic rings. The van der Waals surface area contributed by atoms with Crippen molar-refractivity contribution in [1.29, 1.82) is 0 Å².